The van der Waals surface area contributed by atoms with Gasteiger partial charge in [-0.2, -0.15) is 0 Å². The number of nitrogens with zero attached hydrogens (tertiary/aromatic N) is 1. The normalized spacial score (nSPS) is 19.2. The van der Waals surface area contributed by atoms with Gasteiger partial charge in [-0.05, 0) is 93.2 Å². The number of methoxy groups -OCH3 is 3. The smallest absolute Gasteiger partial charge is 0.415 e. The van der Waals surface area contributed by atoms with E-state index in [1.54, 1.807) is 47.1 Å². The maximum absolute atomic E-state index is 13.8. The second kappa shape index (κ2) is 20.5. The monoisotopic (exact) mass is 745 g/mol. The van der Waals surface area contributed by atoms with Gasteiger partial charge >= 0.3 is 12.1 Å². The summed E-state index contributed by atoms with van der Waals surface area (Å²) in [6.07, 6.45) is -0.181. The van der Waals surface area contributed by atoms with Crippen LogP contribution in [0.1, 0.15) is 78.0 Å². The fourth-order valence-electron chi connectivity index (χ4n) is 6.72. The molecule has 2 aromatic carbocycles. The van der Waals surface area contributed by atoms with Gasteiger partial charge in [0.1, 0.15) is 11.4 Å². The number of aliphatic hydroxyl groups is 1. The van der Waals surface area contributed by atoms with Gasteiger partial charge in [0.05, 0.1) is 38.5 Å². The number of likely N-dealkylation sites (tertiary alicyclic amines) is 1. The number of benzene rings is 2. The van der Waals surface area contributed by atoms with Crippen LogP contribution in [-0.4, -0.2) is 93.5 Å². The molecule has 3 N–H and O–H groups in total. The van der Waals surface area contributed by atoms with Gasteiger partial charge in [0.2, 0.25) is 5.91 Å². The average Bonchev–Trinajstić information content (AvgIpc) is 3.08. The Morgan fingerprint density at radius 2 is 1.70 bits per heavy atom. The topological polar surface area (TPSA) is 145 Å². The fraction of sp³-hybridized carbons (Fsp3) is 0.625. The first-order valence-corrected chi connectivity index (χ1v) is 18.4. The first-order chi connectivity index (χ1) is 25.1. The minimum absolute atomic E-state index is 0.00860. The van der Waals surface area contributed by atoms with Gasteiger partial charge in [-0.15, -0.1) is 0 Å². The molecule has 0 radical (unpaired) electrons. The van der Waals surface area contributed by atoms with Crippen LogP contribution in [0.25, 0.3) is 0 Å². The van der Waals surface area contributed by atoms with E-state index < -0.39 is 47.6 Å². The molecular weight excluding hydrogens is 685 g/mol. The van der Waals surface area contributed by atoms with E-state index in [0.717, 1.165) is 12.0 Å². The molecule has 53 heavy (non-hydrogen) atoms. The van der Waals surface area contributed by atoms with E-state index in [-0.39, 0.29) is 43.2 Å². The molecule has 1 fully saturated rings. The third-order valence-corrected chi connectivity index (χ3v) is 9.58. The fourth-order valence-corrected chi connectivity index (χ4v) is 6.72. The predicted octanol–water partition coefficient (Wildman–Crippen LogP) is 6.29. The van der Waals surface area contributed by atoms with Crippen molar-refractivity contribution in [3.63, 3.8) is 0 Å². The molecule has 13 heteroatoms. The summed E-state index contributed by atoms with van der Waals surface area (Å²) in [4.78, 5) is 41.7. The summed E-state index contributed by atoms with van der Waals surface area (Å²) < 4.78 is 41.1. The minimum atomic E-state index is -1.12. The zero-order valence-electron chi connectivity index (χ0n) is 32.8. The first-order valence-electron chi connectivity index (χ1n) is 18.4. The molecule has 6 atom stereocenters. The molecule has 3 rings (SSSR count). The summed E-state index contributed by atoms with van der Waals surface area (Å²) in [5.41, 5.74) is 0.871. The molecule has 1 saturated heterocycles. The van der Waals surface area contributed by atoms with Crippen LogP contribution >= 0.6 is 0 Å². The zero-order chi connectivity index (χ0) is 39.3. The van der Waals surface area contributed by atoms with Gasteiger partial charge in [-0.1, -0.05) is 39.0 Å². The van der Waals surface area contributed by atoms with Crippen LogP contribution in [0.15, 0.2) is 42.5 Å². The number of imide groups is 1. The van der Waals surface area contributed by atoms with E-state index >= 15 is 0 Å². The van der Waals surface area contributed by atoms with Gasteiger partial charge in [-0.25, -0.2) is 19.3 Å². The molecule has 0 aromatic heterocycles. The van der Waals surface area contributed by atoms with Gasteiger partial charge in [0, 0.05) is 39.7 Å². The summed E-state index contributed by atoms with van der Waals surface area (Å²) in [7, 11) is 4.76. The number of carbonyl (C=O) groups excluding carboxylic acids is 3. The number of carbonyl (C=O) groups is 3. The van der Waals surface area contributed by atoms with Crippen molar-refractivity contribution in [1.29, 1.82) is 0 Å². The average molecular weight is 746 g/mol. The highest BCUT2D eigenvalue weighted by Crippen LogP contribution is 2.36. The lowest BCUT2D eigenvalue weighted by molar-refractivity contribution is -0.129. The van der Waals surface area contributed by atoms with Crippen LogP contribution in [0.2, 0.25) is 0 Å². The van der Waals surface area contributed by atoms with Crippen molar-refractivity contribution in [3.05, 3.63) is 59.4 Å². The third kappa shape index (κ3) is 13.5. The molecule has 0 spiro atoms. The van der Waals surface area contributed by atoms with Crippen LogP contribution in [0.3, 0.4) is 0 Å². The SMILES string of the molecule is COCCCOc1cc(C[C@H]2C[C@@H]([C@@H](O)C[C@H](C(=O)N[C@H](COC)c3ccc(F)cc3)C(C)C)N(C(=O)NC(=O)OC(C)(C)C)C[C@H]2C)ccc1OC. The molecule has 12 nitrogen and oxygen atoms in total. The largest absolute Gasteiger partial charge is 0.493 e. The Hall–Kier alpha value is -3.94. The number of piperidine rings is 1. The number of hydrogen-bond donors (Lipinski definition) is 3. The Labute approximate surface area is 314 Å². The lowest BCUT2D eigenvalue weighted by Crippen LogP contribution is -2.58. The van der Waals surface area contributed by atoms with E-state index in [9.17, 15) is 23.9 Å². The Morgan fingerprint density at radius 3 is 2.30 bits per heavy atom. The van der Waals surface area contributed by atoms with E-state index in [1.807, 2.05) is 39.0 Å². The highest BCUT2D eigenvalue weighted by Gasteiger charge is 2.42. The van der Waals surface area contributed by atoms with Crippen LogP contribution in [0, 0.1) is 29.5 Å². The quantitative estimate of drug-likeness (QED) is 0.159. The number of aliphatic hydroxyl groups excluding tert-OH is 1. The molecule has 1 aliphatic heterocycles. The summed E-state index contributed by atoms with van der Waals surface area (Å²) >= 11 is 0. The summed E-state index contributed by atoms with van der Waals surface area (Å²) in [5.74, 6) is -0.242. The van der Waals surface area contributed by atoms with E-state index in [0.29, 0.717) is 43.1 Å². The molecule has 296 valence electrons. The number of rotatable bonds is 17. The number of nitrogens with one attached hydrogen (secondary N) is 2. The molecule has 1 heterocycles. The van der Waals surface area contributed by atoms with E-state index in [2.05, 4.69) is 10.6 Å². The Morgan fingerprint density at radius 1 is 1.00 bits per heavy atom. The third-order valence-electron chi connectivity index (χ3n) is 9.58. The molecular formula is C40H60FN3O9. The lowest BCUT2D eigenvalue weighted by atomic mass is 9.76. The molecule has 2 aromatic rings. The predicted molar refractivity (Wildman–Crippen MR) is 199 cm³/mol. The van der Waals surface area contributed by atoms with Gasteiger partial charge in [-0.3, -0.25) is 4.79 Å². The van der Waals surface area contributed by atoms with Crippen molar-refractivity contribution in [2.24, 2.45) is 23.7 Å². The van der Waals surface area contributed by atoms with Crippen molar-refractivity contribution in [2.75, 3.05) is 47.7 Å². The van der Waals surface area contributed by atoms with Crippen molar-refractivity contribution >= 4 is 18.0 Å². The standard InChI is InChI=1S/C40H60FN3O9/c1-25(2)31(37(46)42-32(24-50-8)28-12-14-30(41)15-13-28)22-34(45)33-21-29(26(3)23-44(33)38(47)43-39(48)53-40(4,5)6)19-27-11-16-35(51-9)36(20-27)52-18-10-17-49-7/h11-16,20,25-26,29,31-34,45H,10,17-19,21-24H2,1-9H3,(H,42,46)(H,43,47,48)/t26-,29+,31+,32-,33+,34+/m1/s1. The lowest BCUT2D eigenvalue weighted by Gasteiger charge is -2.45. The zero-order valence-corrected chi connectivity index (χ0v) is 32.8. The van der Waals surface area contributed by atoms with Crippen LogP contribution in [0.4, 0.5) is 14.0 Å². The number of urea groups is 1. The second-order valence-electron chi connectivity index (χ2n) is 15.2. The Balaban J connectivity index is 1.87. The maximum atomic E-state index is 13.8. The summed E-state index contributed by atoms with van der Waals surface area (Å²) in [6.45, 7) is 12.4. The minimum Gasteiger partial charge on any atom is -0.493 e. The second-order valence-corrected chi connectivity index (χ2v) is 15.2. The highest BCUT2D eigenvalue weighted by atomic mass is 19.1. The first kappa shape index (κ1) is 43.5. The van der Waals surface area contributed by atoms with Crippen LogP contribution in [0.5, 0.6) is 11.5 Å². The Kier molecular flexibility index (Phi) is 16.8. The van der Waals surface area contributed by atoms with E-state index in [4.69, 9.17) is 23.7 Å². The number of alkyl carbamates (subject to hydrolysis) is 1. The number of amides is 4. The number of halogens is 1. The Bertz CT molecular complexity index is 1470. The van der Waals surface area contributed by atoms with Gasteiger partial charge in [0.25, 0.3) is 0 Å². The molecule has 1 aliphatic rings. The van der Waals surface area contributed by atoms with Crippen LogP contribution < -0.4 is 20.1 Å². The van der Waals surface area contributed by atoms with Gasteiger partial charge in [0.15, 0.2) is 11.5 Å². The molecule has 0 bridgehead atoms. The van der Waals surface area contributed by atoms with Crippen molar-refractivity contribution in [2.45, 2.75) is 91.0 Å². The number of ether oxygens (including phenoxy) is 5. The van der Waals surface area contributed by atoms with Crippen molar-refractivity contribution < 1.29 is 47.6 Å². The summed E-state index contributed by atoms with van der Waals surface area (Å²) in [5, 5.41) is 17.3. The summed E-state index contributed by atoms with van der Waals surface area (Å²) in [6, 6.07) is 9.73. The van der Waals surface area contributed by atoms with Gasteiger partial charge < -0.3 is 39.0 Å². The molecule has 4 amide bonds. The molecule has 0 unspecified atom stereocenters. The number of hydrogen-bond acceptors (Lipinski definition) is 9. The highest BCUT2D eigenvalue weighted by molar-refractivity contribution is 5.91. The van der Waals surface area contributed by atoms with Crippen LogP contribution in [-0.2, 0) is 25.4 Å². The van der Waals surface area contributed by atoms with E-state index in [1.165, 1.54) is 24.1 Å². The maximum Gasteiger partial charge on any atom is 0.415 e. The molecule has 0 aliphatic carbocycles. The van der Waals surface area contributed by atoms with Crippen molar-refractivity contribution in [3.8, 4) is 11.5 Å². The van der Waals surface area contributed by atoms with Crippen molar-refractivity contribution in [1.82, 2.24) is 15.5 Å². The molecule has 0 saturated carbocycles.